The summed E-state index contributed by atoms with van der Waals surface area (Å²) in [5.74, 6) is 0. The van der Waals surface area contributed by atoms with Gasteiger partial charge in [0.2, 0.25) is 0 Å². The molecular formula is C12H19NO3. The van der Waals surface area contributed by atoms with Crippen molar-refractivity contribution in [2.45, 2.75) is 63.6 Å². The van der Waals surface area contributed by atoms with E-state index in [0.717, 1.165) is 32.0 Å². The van der Waals surface area contributed by atoms with E-state index in [-0.39, 0.29) is 12.1 Å². The molecule has 1 saturated carbocycles. The fourth-order valence-corrected chi connectivity index (χ4v) is 2.62. The third-order valence-electron chi connectivity index (χ3n) is 3.37. The van der Waals surface area contributed by atoms with Crippen LogP contribution in [0.5, 0.6) is 0 Å². The van der Waals surface area contributed by atoms with Gasteiger partial charge >= 0.3 is 6.09 Å². The van der Waals surface area contributed by atoms with Crippen LogP contribution in [-0.4, -0.2) is 34.5 Å². The Balaban J connectivity index is 2.06. The Kier molecular flexibility index (Phi) is 2.48. The van der Waals surface area contributed by atoms with Gasteiger partial charge in [-0.2, -0.15) is 0 Å². The molecule has 0 aromatic rings. The van der Waals surface area contributed by atoms with Crippen LogP contribution in [0.1, 0.15) is 46.5 Å². The zero-order valence-electron chi connectivity index (χ0n) is 10.2. The molecule has 2 fully saturated rings. The molecule has 90 valence electrons. The summed E-state index contributed by atoms with van der Waals surface area (Å²) in [4.78, 5) is 24.7. The molecule has 0 aromatic heterocycles. The summed E-state index contributed by atoms with van der Waals surface area (Å²) in [5.41, 5.74) is -1.02. The van der Waals surface area contributed by atoms with Crippen LogP contribution < -0.4 is 0 Å². The summed E-state index contributed by atoms with van der Waals surface area (Å²) < 4.78 is 5.31. The number of ether oxygens (including phenoxy) is 1. The second-order valence-electron chi connectivity index (χ2n) is 5.72. The maximum Gasteiger partial charge on any atom is 0.411 e. The first-order valence-electron chi connectivity index (χ1n) is 5.89. The largest absolute Gasteiger partial charge is 0.444 e. The van der Waals surface area contributed by atoms with Gasteiger partial charge in [-0.25, -0.2) is 4.79 Å². The van der Waals surface area contributed by atoms with Crippen molar-refractivity contribution in [1.82, 2.24) is 4.90 Å². The molecule has 1 aliphatic heterocycles. The highest BCUT2D eigenvalue weighted by Gasteiger charge is 2.66. The molecule has 1 amide bonds. The molecule has 2 atom stereocenters. The lowest BCUT2D eigenvalue weighted by atomic mass is 9.90. The molecule has 0 N–H and O–H groups in total. The van der Waals surface area contributed by atoms with E-state index in [1.54, 1.807) is 4.90 Å². The summed E-state index contributed by atoms with van der Waals surface area (Å²) >= 11 is 0. The number of nitrogens with zero attached hydrogens (tertiary/aromatic N) is 1. The molecule has 16 heavy (non-hydrogen) atoms. The first-order chi connectivity index (χ1) is 7.41. The lowest BCUT2D eigenvalue weighted by Crippen LogP contribution is -2.31. The van der Waals surface area contributed by atoms with Crippen molar-refractivity contribution in [3.05, 3.63) is 0 Å². The zero-order valence-corrected chi connectivity index (χ0v) is 10.2. The molecular weight excluding hydrogens is 206 g/mol. The Morgan fingerprint density at radius 3 is 2.62 bits per heavy atom. The Morgan fingerprint density at radius 1 is 1.44 bits per heavy atom. The standard InChI is InChI=1S/C12H19NO3/c1-11(2,3)16-10(15)13-9-6-4-5-7-12(9,13)8-14/h8-9H,4-7H2,1-3H3/t9-,12-,13?/m1/s1. The van der Waals surface area contributed by atoms with Gasteiger partial charge in [0.15, 0.2) is 0 Å². The van der Waals surface area contributed by atoms with Crippen molar-refractivity contribution in [1.29, 1.82) is 0 Å². The third kappa shape index (κ3) is 1.70. The quantitative estimate of drug-likeness (QED) is 0.507. The molecule has 0 bridgehead atoms. The summed E-state index contributed by atoms with van der Waals surface area (Å²) in [6.07, 6.45) is 4.43. The van der Waals surface area contributed by atoms with E-state index in [1.165, 1.54) is 0 Å². The number of hydrogen-bond acceptors (Lipinski definition) is 3. The Labute approximate surface area is 95.9 Å². The molecule has 0 unspecified atom stereocenters. The number of likely N-dealkylation sites (tertiary alicyclic amines) is 1. The highest BCUT2D eigenvalue weighted by atomic mass is 16.6. The minimum Gasteiger partial charge on any atom is -0.444 e. The SMILES string of the molecule is CC(C)(C)OC(=O)N1[C@@H]2CCCC[C@@]21C=O. The summed E-state index contributed by atoms with van der Waals surface area (Å²) in [7, 11) is 0. The summed E-state index contributed by atoms with van der Waals surface area (Å²) in [6.45, 7) is 5.52. The van der Waals surface area contributed by atoms with Crippen molar-refractivity contribution >= 4 is 12.4 Å². The van der Waals surface area contributed by atoms with E-state index in [2.05, 4.69) is 0 Å². The van der Waals surface area contributed by atoms with Gasteiger partial charge in [0.05, 0.1) is 6.04 Å². The second-order valence-corrected chi connectivity index (χ2v) is 5.72. The van der Waals surface area contributed by atoms with E-state index in [0.29, 0.717) is 0 Å². The van der Waals surface area contributed by atoms with Crippen LogP contribution in [0, 0.1) is 0 Å². The lowest BCUT2D eigenvalue weighted by Gasteiger charge is -2.20. The average Bonchev–Trinajstić information content (AvgIpc) is 2.84. The third-order valence-corrected chi connectivity index (χ3v) is 3.37. The van der Waals surface area contributed by atoms with Crippen molar-refractivity contribution in [2.75, 3.05) is 0 Å². The molecule has 1 heterocycles. The average molecular weight is 225 g/mol. The number of carbonyl (C=O) groups excluding carboxylic acids is 2. The fourth-order valence-electron chi connectivity index (χ4n) is 2.62. The van der Waals surface area contributed by atoms with Crippen LogP contribution in [0.15, 0.2) is 0 Å². The topological polar surface area (TPSA) is 46.4 Å². The number of rotatable bonds is 1. The lowest BCUT2D eigenvalue weighted by molar-refractivity contribution is -0.111. The maximum atomic E-state index is 11.9. The molecule has 4 nitrogen and oxygen atoms in total. The van der Waals surface area contributed by atoms with Crippen molar-refractivity contribution in [3.8, 4) is 0 Å². The van der Waals surface area contributed by atoms with Gasteiger partial charge in [0.25, 0.3) is 0 Å². The first kappa shape index (κ1) is 11.4. The van der Waals surface area contributed by atoms with Gasteiger partial charge in [-0.3, -0.25) is 4.90 Å². The van der Waals surface area contributed by atoms with Crippen molar-refractivity contribution < 1.29 is 14.3 Å². The predicted molar refractivity (Wildman–Crippen MR) is 59.1 cm³/mol. The first-order valence-corrected chi connectivity index (χ1v) is 5.89. The van der Waals surface area contributed by atoms with Crippen molar-refractivity contribution in [3.63, 3.8) is 0 Å². The van der Waals surface area contributed by atoms with E-state index in [4.69, 9.17) is 4.74 Å². The predicted octanol–water partition coefficient (Wildman–Crippen LogP) is 2.12. The number of fused-ring (bicyclic) bond motifs is 1. The van der Waals surface area contributed by atoms with E-state index >= 15 is 0 Å². The minimum absolute atomic E-state index is 0.0913. The molecule has 4 heteroatoms. The number of aldehydes is 1. The molecule has 1 aliphatic carbocycles. The Bertz CT molecular complexity index is 321. The second kappa shape index (κ2) is 3.47. The van der Waals surface area contributed by atoms with Crippen LogP contribution in [0.4, 0.5) is 4.79 Å². The fraction of sp³-hybridized carbons (Fsp3) is 0.833. The Hall–Kier alpha value is -1.06. The summed E-state index contributed by atoms with van der Waals surface area (Å²) in [5, 5.41) is 0. The van der Waals surface area contributed by atoms with Crippen LogP contribution >= 0.6 is 0 Å². The van der Waals surface area contributed by atoms with Gasteiger partial charge in [-0.15, -0.1) is 0 Å². The van der Waals surface area contributed by atoms with Gasteiger partial charge < -0.3 is 9.53 Å². The van der Waals surface area contributed by atoms with E-state index in [9.17, 15) is 9.59 Å². The number of carbonyl (C=O) groups is 2. The van der Waals surface area contributed by atoms with Crippen LogP contribution in [0.3, 0.4) is 0 Å². The van der Waals surface area contributed by atoms with Crippen LogP contribution in [0.2, 0.25) is 0 Å². The molecule has 1 saturated heterocycles. The number of amides is 1. The Morgan fingerprint density at radius 2 is 2.12 bits per heavy atom. The van der Waals surface area contributed by atoms with Crippen LogP contribution in [-0.2, 0) is 9.53 Å². The minimum atomic E-state index is -0.527. The summed E-state index contributed by atoms with van der Waals surface area (Å²) in [6, 6.07) is 0.0913. The molecule has 2 rings (SSSR count). The smallest absolute Gasteiger partial charge is 0.411 e. The molecule has 2 aliphatic rings. The maximum absolute atomic E-state index is 11.9. The van der Waals surface area contributed by atoms with Gasteiger partial charge in [-0.1, -0.05) is 12.8 Å². The van der Waals surface area contributed by atoms with E-state index in [1.807, 2.05) is 20.8 Å². The highest BCUT2D eigenvalue weighted by molar-refractivity contribution is 5.85. The monoisotopic (exact) mass is 225 g/mol. The molecule has 0 spiro atoms. The van der Waals surface area contributed by atoms with Crippen molar-refractivity contribution in [2.24, 2.45) is 0 Å². The normalized spacial score (nSPS) is 32.9. The van der Waals surface area contributed by atoms with Gasteiger partial charge in [0, 0.05) is 0 Å². The molecule has 0 radical (unpaired) electrons. The van der Waals surface area contributed by atoms with Crippen LogP contribution in [0.25, 0.3) is 0 Å². The zero-order chi connectivity index (χ0) is 12.0. The van der Waals surface area contributed by atoms with E-state index < -0.39 is 11.1 Å². The highest BCUT2D eigenvalue weighted by Crippen LogP contribution is 2.50. The van der Waals surface area contributed by atoms with Gasteiger partial charge in [-0.05, 0) is 33.6 Å². The van der Waals surface area contributed by atoms with Gasteiger partial charge in [0.1, 0.15) is 17.4 Å². The molecule has 0 aromatic carbocycles. The number of hydrogen-bond donors (Lipinski definition) is 0.